The third-order valence-electron chi connectivity index (χ3n) is 3.80. The molecule has 7 heteroatoms. The van der Waals surface area contributed by atoms with Crippen LogP contribution < -0.4 is 9.62 Å². The molecule has 0 radical (unpaired) electrons. The van der Waals surface area contributed by atoms with Crippen molar-refractivity contribution in [3.63, 3.8) is 0 Å². The van der Waals surface area contributed by atoms with Gasteiger partial charge in [0.1, 0.15) is 0 Å². The Morgan fingerprint density at radius 1 is 1.09 bits per heavy atom. The van der Waals surface area contributed by atoms with E-state index in [1.165, 1.54) is 6.07 Å². The molecule has 1 aliphatic rings. The summed E-state index contributed by atoms with van der Waals surface area (Å²) in [7, 11) is -1.96. The first-order valence-corrected chi connectivity index (χ1v) is 9.32. The van der Waals surface area contributed by atoms with E-state index in [9.17, 15) is 13.2 Å². The molecule has 2 aromatic carbocycles. The highest BCUT2D eigenvalue weighted by molar-refractivity contribution is 9.10. The Kier molecular flexibility index (Phi) is 4.16. The summed E-state index contributed by atoms with van der Waals surface area (Å²) in [5, 5.41) is 0. The Morgan fingerprint density at radius 2 is 1.78 bits per heavy atom. The van der Waals surface area contributed by atoms with Crippen molar-refractivity contribution in [1.82, 2.24) is 0 Å². The lowest BCUT2D eigenvalue weighted by Crippen LogP contribution is -2.31. The fourth-order valence-corrected chi connectivity index (χ4v) is 3.91. The first-order chi connectivity index (χ1) is 10.9. The Labute approximate surface area is 143 Å². The highest BCUT2D eigenvalue weighted by Gasteiger charge is 2.23. The third kappa shape index (κ3) is 3.25. The number of amides is 1. The standard InChI is InChI=1S/C16H15BrN2O3S/c1-19-15-8-7-14(10-11(15)2-9-16(19)20)23(21,22)18-13-5-3-12(17)4-6-13/h3-8,10,18H,2,9H2,1H3. The largest absolute Gasteiger partial charge is 0.315 e. The topological polar surface area (TPSA) is 66.5 Å². The molecule has 0 saturated carbocycles. The highest BCUT2D eigenvalue weighted by Crippen LogP contribution is 2.29. The number of carbonyl (C=O) groups is 1. The van der Waals surface area contributed by atoms with Crippen molar-refractivity contribution >= 4 is 43.2 Å². The number of sulfonamides is 1. The molecule has 120 valence electrons. The van der Waals surface area contributed by atoms with Gasteiger partial charge in [-0.25, -0.2) is 8.42 Å². The zero-order chi connectivity index (χ0) is 16.6. The molecule has 0 aliphatic carbocycles. The molecule has 0 unspecified atom stereocenters. The second kappa shape index (κ2) is 5.98. The summed E-state index contributed by atoms with van der Waals surface area (Å²) in [5.74, 6) is 0.0427. The first kappa shape index (κ1) is 16.0. The van der Waals surface area contributed by atoms with Gasteiger partial charge in [0.2, 0.25) is 5.91 Å². The van der Waals surface area contributed by atoms with E-state index in [2.05, 4.69) is 20.7 Å². The zero-order valence-electron chi connectivity index (χ0n) is 12.4. The van der Waals surface area contributed by atoms with Crippen LogP contribution >= 0.6 is 15.9 Å². The normalized spacial score (nSPS) is 14.5. The van der Waals surface area contributed by atoms with E-state index in [-0.39, 0.29) is 10.8 Å². The summed E-state index contributed by atoms with van der Waals surface area (Å²) in [6.07, 6.45) is 0.952. The van der Waals surface area contributed by atoms with E-state index in [0.29, 0.717) is 18.5 Å². The lowest BCUT2D eigenvalue weighted by Gasteiger charge is -2.26. The fourth-order valence-electron chi connectivity index (χ4n) is 2.53. The van der Waals surface area contributed by atoms with Gasteiger partial charge in [-0.2, -0.15) is 0 Å². The van der Waals surface area contributed by atoms with Crippen LogP contribution in [0.3, 0.4) is 0 Å². The molecule has 0 aromatic heterocycles. The number of nitrogens with one attached hydrogen (secondary N) is 1. The molecule has 0 spiro atoms. The number of benzene rings is 2. The minimum atomic E-state index is -3.66. The average molecular weight is 395 g/mol. The van der Waals surface area contributed by atoms with Crippen molar-refractivity contribution in [2.45, 2.75) is 17.7 Å². The molecule has 5 nitrogen and oxygen atoms in total. The second-order valence-electron chi connectivity index (χ2n) is 5.36. The van der Waals surface area contributed by atoms with Crippen LogP contribution in [0.2, 0.25) is 0 Å². The monoisotopic (exact) mass is 394 g/mol. The molecule has 0 fully saturated rings. The summed E-state index contributed by atoms with van der Waals surface area (Å²) >= 11 is 3.31. The molecule has 23 heavy (non-hydrogen) atoms. The molecule has 0 atom stereocenters. The van der Waals surface area contributed by atoms with Crippen molar-refractivity contribution in [3.05, 3.63) is 52.5 Å². The number of aryl methyl sites for hydroxylation is 1. The van der Waals surface area contributed by atoms with Gasteiger partial charge in [-0.05, 0) is 54.4 Å². The number of halogens is 1. The molecule has 0 saturated heterocycles. The van der Waals surface area contributed by atoms with Gasteiger partial charge >= 0.3 is 0 Å². The molecular formula is C16H15BrN2O3S. The van der Waals surface area contributed by atoms with Gasteiger partial charge in [0, 0.05) is 29.3 Å². The predicted molar refractivity (Wildman–Crippen MR) is 93.1 cm³/mol. The van der Waals surface area contributed by atoms with Gasteiger partial charge in [0.15, 0.2) is 0 Å². The maximum Gasteiger partial charge on any atom is 0.261 e. The van der Waals surface area contributed by atoms with Gasteiger partial charge in [0.05, 0.1) is 4.90 Å². The quantitative estimate of drug-likeness (QED) is 0.868. The highest BCUT2D eigenvalue weighted by atomic mass is 79.9. The molecular weight excluding hydrogens is 380 g/mol. The molecule has 1 amide bonds. The third-order valence-corrected chi connectivity index (χ3v) is 5.71. The van der Waals surface area contributed by atoms with Crippen molar-refractivity contribution in [3.8, 4) is 0 Å². The van der Waals surface area contributed by atoms with Crippen LogP contribution in [0, 0.1) is 0 Å². The number of hydrogen-bond acceptors (Lipinski definition) is 3. The van der Waals surface area contributed by atoms with Gasteiger partial charge in [-0.15, -0.1) is 0 Å². The molecule has 2 aromatic rings. The predicted octanol–water partition coefficient (Wildman–Crippen LogP) is 3.16. The van der Waals surface area contributed by atoms with Gasteiger partial charge < -0.3 is 4.90 Å². The number of fused-ring (bicyclic) bond motifs is 1. The number of anilines is 2. The maximum absolute atomic E-state index is 12.5. The zero-order valence-corrected chi connectivity index (χ0v) is 14.8. The van der Waals surface area contributed by atoms with Crippen molar-refractivity contribution in [2.24, 2.45) is 0 Å². The van der Waals surface area contributed by atoms with Crippen molar-refractivity contribution in [2.75, 3.05) is 16.7 Å². The van der Waals surface area contributed by atoms with E-state index in [0.717, 1.165) is 15.7 Å². The van der Waals surface area contributed by atoms with E-state index in [4.69, 9.17) is 0 Å². The molecule has 0 bridgehead atoms. The Balaban J connectivity index is 1.92. The second-order valence-corrected chi connectivity index (χ2v) is 7.95. The average Bonchev–Trinajstić information content (AvgIpc) is 2.53. The van der Waals surface area contributed by atoms with Crippen LogP contribution in [-0.4, -0.2) is 21.4 Å². The Hall–Kier alpha value is -1.86. The lowest BCUT2D eigenvalue weighted by molar-refractivity contribution is -0.118. The lowest BCUT2D eigenvalue weighted by atomic mass is 10.0. The van der Waals surface area contributed by atoms with Crippen LogP contribution in [-0.2, 0) is 21.2 Å². The number of rotatable bonds is 3. The summed E-state index contributed by atoms with van der Waals surface area (Å²) in [6.45, 7) is 0. The van der Waals surface area contributed by atoms with Gasteiger partial charge in [-0.3, -0.25) is 9.52 Å². The Bertz CT molecular complexity index is 863. The van der Waals surface area contributed by atoms with Crippen LogP contribution in [0.1, 0.15) is 12.0 Å². The SMILES string of the molecule is CN1C(=O)CCc2cc(S(=O)(=O)Nc3ccc(Br)cc3)ccc21. The van der Waals surface area contributed by atoms with Gasteiger partial charge in [0.25, 0.3) is 10.0 Å². The van der Waals surface area contributed by atoms with Gasteiger partial charge in [-0.1, -0.05) is 15.9 Å². The van der Waals surface area contributed by atoms with Crippen molar-refractivity contribution < 1.29 is 13.2 Å². The Morgan fingerprint density at radius 3 is 2.48 bits per heavy atom. The number of carbonyl (C=O) groups excluding carboxylic acids is 1. The van der Waals surface area contributed by atoms with E-state index in [1.807, 2.05) is 0 Å². The minimum absolute atomic E-state index is 0.0427. The number of hydrogen-bond donors (Lipinski definition) is 1. The minimum Gasteiger partial charge on any atom is -0.315 e. The first-order valence-electron chi connectivity index (χ1n) is 7.05. The summed E-state index contributed by atoms with van der Waals surface area (Å²) in [4.78, 5) is 13.5. The smallest absolute Gasteiger partial charge is 0.261 e. The van der Waals surface area contributed by atoms with Crippen LogP contribution in [0.25, 0.3) is 0 Å². The maximum atomic E-state index is 12.5. The van der Waals surface area contributed by atoms with Crippen LogP contribution in [0.4, 0.5) is 11.4 Å². The van der Waals surface area contributed by atoms with Crippen LogP contribution in [0.15, 0.2) is 51.8 Å². The molecule has 1 aliphatic heterocycles. The van der Waals surface area contributed by atoms with Crippen LogP contribution in [0.5, 0.6) is 0 Å². The molecule has 3 rings (SSSR count). The molecule has 1 heterocycles. The summed E-state index contributed by atoms with van der Waals surface area (Å²) in [5.41, 5.74) is 2.13. The van der Waals surface area contributed by atoms with E-state index >= 15 is 0 Å². The number of nitrogens with zero attached hydrogens (tertiary/aromatic N) is 1. The molecule has 1 N–H and O–H groups in total. The fraction of sp³-hybridized carbons (Fsp3) is 0.188. The summed E-state index contributed by atoms with van der Waals surface area (Å²) < 4.78 is 28.5. The van der Waals surface area contributed by atoms with Crippen molar-refractivity contribution in [1.29, 1.82) is 0 Å². The van der Waals surface area contributed by atoms with E-state index < -0.39 is 10.0 Å². The van der Waals surface area contributed by atoms with E-state index in [1.54, 1.807) is 48.3 Å². The summed E-state index contributed by atoms with van der Waals surface area (Å²) in [6, 6.07) is 11.8.